The molecule has 0 radical (unpaired) electrons. The fourth-order valence-electron chi connectivity index (χ4n) is 6.88. The van der Waals surface area contributed by atoms with Crippen molar-refractivity contribution in [1.29, 1.82) is 0 Å². The number of hydrogen-bond donors (Lipinski definition) is 3. The molecule has 9 heteroatoms. The van der Waals surface area contributed by atoms with Crippen LogP contribution in [0.4, 0.5) is 5.69 Å². The van der Waals surface area contributed by atoms with Gasteiger partial charge in [0.05, 0.1) is 40.8 Å². The predicted molar refractivity (Wildman–Crippen MR) is 139 cm³/mol. The summed E-state index contributed by atoms with van der Waals surface area (Å²) in [5.74, 6) is -2.85. The Morgan fingerprint density at radius 3 is 2.51 bits per heavy atom. The Hall–Kier alpha value is -2.94. The number of carbonyl (C=O) groups excluding carboxylic acids is 3. The molecule has 37 heavy (non-hydrogen) atoms. The number of halogens is 1. The van der Waals surface area contributed by atoms with E-state index in [1.807, 2.05) is 57.2 Å². The van der Waals surface area contributed by atoms with E-state index in [0.717, 1.165) is 5.56 Å². The quantitative estimate of drug-likeness (QED) is 0.537. The predicted octanol–water partition coefficient (Wildman–Crippen LogP) is 3.08. The lowest BCUT2D eigenvalue weighted by Gasteiger charge is -2.37. The second-order valence-corrected chi connectivity index (χ2v) is 11.0. The van der Waals surface area contributed by atoms with E-state index in [0.29, 0.717) is 22.7 Å². The number of ether oxygens (including phenoxy) is 1. The van der Waals surface area contributed by atoms with Gasteiger partial charge in [-0.1, -0.05) is 61.0 Å². The van der Waals surface area contributed by atoms with Crippen molar-refractivity contribution in [2.45, 2.75) is 50.5 Å². The number of nitrogens with one attached hydrogen (secondary N) is 2. The number of carbonyl (C=O) groups is 3. The van der Waals surface area contributed by atoms with Crippen molar-refractivity contribution >= 4 is 35.0 Å². The molecule has 3 saturated heterocycles. The van der Waals surface area contributed by atoms with Crippen LogP contribution in [0, 0.1) is 24.7 Å². The lowest BCUT2D eigenvalue weighted by molar-refractivity contribution is -0.149. The van der Waals surface area contributed by atoms with Gasteiger partial charge in [0.15, 0.2) is 0 Å². The van der Waals surface area contributed by atoms with Gasteiger partial charge in [-0.25, -0.2) is 0 Å². The van der Waals surface area contributed by atoms with Gasteiger partial charge in [0, 0.05) is 7.05 Å². The molecular formula is C28H32ClN3O5. The van der Waals surface area contributed by atoms with E-state index in [4.69, 9.17) is 16.3 Å². The first kappa shape index (κ1) is 25.7. The van der Waals surface area contributed by atoms with Crippen molar-refractivity contribution in [2.75, 3.05) is 19.0 Å². The molecular weight excluding hydrogens is 494 g/mol. The summed E-state index contributed by atoms with van der Waals surface area (Å²) in [7, 11) is 1.54. The number of anilines is 1. The zero-order valence-corrected chi connectivity index (χ0v) is 22.1. The maximum absolute atomic E-state index is 14.3. The van der Waals surface area contributed by atoms with Gasteiger partial charge in [0.25, 0.3) is 0 Å². The topological polar surface area (TPSA) is 108 Å². The molecule has 3 aliphatic heterocycles. The zero-order chi connectivity index (χ0) is 26.7. The van der Waals surface area contributed by atoms with Crippen LogP contribution in [-0.4, -0.2) is 58.6 Å². The number of nitrogens with zero attached hydrogens (tertiary/aromatic N) is 1. The minimum absolute atomic E-state index is 0.0829. The fourth-order valence-corrected chi connectivity index (χ4v) is 7.15. The van der Waals surface area contributed by atoms with E-state index < -0.39 is 47.6 Å². The SMILES string of the molecule is CNC(=O)[C@H]1[C@H]2C(=O)N([C@H](CO)c3ccccc3)C(C(=O)Nc3c(C)cccc3Cl)C23CC(C)[C@]1(C)O3. The van der Waals surface area contributed by atoms with Crippen LogP contribution in [0.15, 0.2) is 48.5 Å². The Balaban J connectivity index is 1.66. The number of hydrogen-bond acceptors (Lipinski definition) is 5. The molecule has 0 saturated carbocycles. The van der Waals surface area contributed by atoms with Crippen molar-refractivity contribution in [2.24, 2.45) is 17.8 Å². The number of fused-ring (bicyclic) bond motifs is 1. The highest BCUT2D eigenvalue weighted by Gasteiger charge is 2.80. The number of benzene rings is 2. The van der Waals surface area contributed by atoms with Gasteiger partial charge in [-0.3, -0.25) is 14.4 Å². The van der Waals surface area contributed by atoms with E-state index in [1.165, 1.54) is 11.9 Å². The summed E-state index contributed by atoms with van der Waals surface area (Å²) in [6, 6.07) is 12.5. The van der Waals surface area contributed by atoms with Gasteiger partial charge in [-0.05, 0) is 43.4 Å². The summed E-state index contributed by atoms with van der Waals surface area (Å²) in [6.45, 7) is 5.28. The molecule has 2 bridgehead atoms. The van der Waals surface area contributed by atoms with Crippen molar-refractivity contribution in [3.05, 3.63) is 64.7 Å². The Bertz CT molecular complexity index is 1240. The highest BCUT2D eigenvalue weighted by atomic mass is 35.5. The number of amides is 3. The summed E-state index contributed by atoms with van der Waals surface area (Å²) in [6.07, 6.45) is 0.427. The molecule has 8 nitrogen and oxygen atoms in total. The Labute approximate surface area is 221 Å². The first-order valence-corrected chi connectivity index (χ1v) is 12.9. The van der Waals surface area contributed by atoms with E-state index in [2.05, 4.69) is 10.6 Å². The highest BCUT2D eigenvalue weighted by Crippen LogP contribution is 2.66. The molecule has 2 aromatic rings. The average Bonchev–Trinajstić information content (AvgIpc) is 3.39. The normalized spacial score (nSPS) is 32.8. The largest absolute Gasteiger partial charge is 0.394 e. The number of aryl methyl sites for hydroxylation is 1. The van der Waals surface area contributed by atoms with Crippen LogP contribution >= 0.6 is 11.6 Å². The highest BCUT2D eigenvalue weighted by molar-refractivity contribution is 6.34. The summed E-state index contributed by atoms with van der Waals surface area (Å²) in [4.78, 5) is 43.1. The van der Waals surface area contributed by atoms with Crippen molar-refractivity contribution < 1.29 is 24.2 Å². The van der Waals surface area contributed by atoms with Gasteiger partial charge < -0.3 is 25.4 Å². The molecule has 3 fully saturated rings. The molecule has 2 aromatic carbocycles. The first-order valence-electron chi connectivity index (χ1n) is 12.6. The Morgan fingerprint density at radius 1 is 1.19 bits per heavy atom. The van der Waals surface area contributed by atoms with E-state index in [9.17, 15) is 19.5 Å². The minimum atomic E-state index is -1.23. The third-order valence-corrected chi connectivity index (χ3v) is 9.01. The van der Waals surface area contributed by atoms with Gasteiger partial charge in [0.1, 0.15) is 11.6 Å². The smallest absolute Gasteiger partial charge is 0.250 e. The summed E-state index contributed by atoms with van der Waals surface area (Å²) < 4.78 is 6.68. The summed E-state index contributed by atoms with van der Waals surface area (Å²) >= 11 is 6.43. The van der Waals surface area contributed by atoms with E-state index in [-0.39, 0.29) is 17.7 Å². The molecule has 3 amide bonds. The van der Waals surface area contributed by atoms with Crippen LogP contribution in [-0.2, 0) is 19.1 Å². The number of para-hydroxylation sites is 1. The molecule has 196 valence electrons. The van der Waals surface area contributed by atoms with Gasteiger partial charge in [-0.15, -0.1) is 0 Å². The number of rotatable bonds is 6. The molecule has 3 N–H and O–H groups in total. The molecule has 0 aromatic heterocycles. The number of likely N-dealkylation sites (tertiary alicyclic amines) is 1. The fraction of sp³-hybridized carbons (Fsp3) is 0.464. The van der Waals surface area contributed by atoms with Crippen molar-refractivity contribution in [3.8, 4) is 0 Å². The Kier molecular flexibility index (Phi) is 6.33. The van der Waals surface area contributed by atoms with Crippen LogP contribution in [0.3, 0.4) is 0 Å². The van der Waals surface area contributed by atoms with Crippen molar-refractivity contribution in [1.82, 2.24) is 10.2 Å². The van der Waals surface area contributed by atoms with Crippen LogP contribution in [0.2, 0.25) is 5.02 Å². The lowest BCUT2D eigenvalue weighted by Crippen LogP contribution is -2.55. The van der Waals surface area contributed by atoms with Gasteiger partial charge >= 0.3 is 0 Å². The molecule has 5 rings (SSSR count). The van der Waals surface area contributed by atoms with Gasteiger partial charge in [-0.2, -0.15) is 0 Å². The monoisotopic (exact) mass is 525 g/mol. The third-order valence-electron chi connectivity index (χ3n) is 8.69. The number of aliphatic hydroxyl groups excluding tert-OH is 1. The molecule has 7 atom stereocenters. The molecule has 3 aliphatic rings. The van der Waals surface area contributed by atoms with E-state index >= 15 is 0 Å². The van der Waals surface area contributed by atoms with Crippen molar-refractivity contribution in [3.63, 3.8) is 0 Å². The van der Waals surface area contributed by atoms with Gasteiger partial charge in [0.2, 0.25) is 17.7 Å². The minimum Gasteiger partial charge on any atom is -0.394 e. The first-order chi connectivity index (χ1) is 17.6. The Morgan fingerprint density at radius 2 is 1.89 bits per heavy atom. The lowest BCUT2D eigenvalue weighted by atomic mass is 9.62. The van der Waals surface area contributed by atoms with Crippen LogP contribution < -0.4 is 10.6 Å². The standard InChI is InChI=1S/C28H32ClN3O5/c1-15-9-8-12-18(29)22(15)31-25(35)23-28-13-16(2)27(3,37-28)20(24(34)30-4)21(28)26(36)32(23)19(14-33)17-10-6-5-7-11-17/h5-12,16,19-21,23,33H,13-14H2,1-4H3,(H,30,34)(H,31,35)/t16?,19-,20-,21+,23?,27+,28?/m1/s1. The maximum Gasteiger partial charge on any atom is 0.250 e. The average molecular weight is 526 g/mol. The maximum atomic E-state index is 14.3. The third kappa shape index (κ3) is 3.60. The zero-order valence-electron chi connectivity index (χ0n) is 21.3. The second-order valence-electron chi connectivity index (χ2n) is 10.6. The summed E-state index contributed by atoms with van der Waals surface area (Å²) in [5.41, 5.74) is -0.229. The summed E-state index contributed by atoms with van der Waals surface area (Å²) in [5, 5.41) is 16.5. The van der Waals surface area contributed by atoms with Crippen LogP contribution in [0.5, 0.6) is 0 Å². The second kappa shape index (κ2) is 9.11. The molecule has 3 heterocycles. The van der Waals surface area contributed by atoms with Crippen LogP contribution in [0.1, 0.15) is 37.4 Å². The number of aliphatic hydroxyl groups is 1. The van der Waals surface area contributed by atoms with E-state index in [1.54, 1.807) is 12.1 Å². The molecule has 0 aliphatic carbocycles. The molecule has 3 unspecified atom stereocenters. The van der Waals surface area contributed by atoms with Crippen LogP contribution in [0.25, 0.3) is 0 Å². The molecule has 1 spiro atoms.